The van der Waals surface area contributed by atoms with Crippen LogP contribution < -0.4 is 0 Å². The van der Waals surface area contributed by atoms with Crippen LogP contribution in [-0.4, -0.2) is 47.5 Å². The zero-order chi connectivity index (χ0) is 19.7. The van der Waals surface area contributed by atoms with Crippen molar-refractivity contribution < 1.29 is 19.5 Å². The minimum atomic E-state index is -0.593. The van der Waals surface area contributed by atoms with Gasteiger partial charge in [0.1, 0.15) is 12.1 Å². The Hall–Kier alpha value is -1.43. The van der Waals surface area contributed by atoms with Crippen LogP contribution in [0, 0.1) is 24.7 Å². The number of hydrogen-bond acceptors (Lipinski definition) is 5. The van der Waals surface area contributed by atoms with E-state index in [0.717, 1.165) is 18.9 Å². The molecule has 0 radical (unpaired) electrons. The summed E-state index contributed by atoms with van der Waals surface area (Å²) in [7, 11) is 0. The molecular weight excluding hydrogens is 354 g/mol. The minimum absolute atomic E-state index is 0.0432. The van der Waals surface area contributed by atoms with Crippen molar-refractivity contribution in [3.63, 3.8) is 0 Å². The Bertz CT molecular complexity index is 666. The van der Waals surface area contributed by atoms with Crippen LogP contribution in [0.25, 0.3) is 0 Å². The third-order valence-electron chi connectivity index (χ3n) is 6.90. The second kappa shape index (κ2) is 8.52. The van der Waals surface area contributed by atoms with E-state index < -0.39 is 6.10 Å². The Balaban J connectivity index is 1.25. The number of aryl methyl sites for hydroxylation is 2. The second-order valence-corrected chi connectivity index (χ2v) is 9.06. The first-order valence-electron chi connectivity index (χ1n) is 10.8. The van der Waals surface area contributed by atoms with Gasteiger partial charge in [0.05, 0.1) is 18.6 Å². The lowest BCUT2D eigenvalue weighted by molar-refractivity contribution is -0.202. The average Bonchev–Trinajstić information content (AvgIpc) is 3.24. The van der Waals surface area contributed by atoms with Crippen LogP contribution >= 0.6 is 0 Å². The first-order valence-corrected chi connectivity index (χ1v) is 10.8. The number of nitrogens with zero attached hydrogens (tertiary/aromatic N) is 1. The summed E-state index contributed by atoms with van der Waals surface area (Å²) in [6.07, 6.45) is 6.37. The molecule has 0 aromatic heterocycles. The number of ether oxygens (including phenoxy) is 1. The molecule has 1 aromatic rings. The van der Waals surface area contributed by atoms with Gasteiger partial charge in [-0.15, -0.1) is 0 Å². The summed E-state index contributed by atoms with van der Waals surface area (Å²) in [6.45, 7) is 4.99. The number of carbonyl (C=O) groups excluding carboxylic acids is 1. The van der Waals surface area contributed by atoms with Gasteiger partial charge in [-0.05, 0) is 56.9 Å². The van der Waals surface area contributed by atoms with Crippen molar-refractivity contribution in [2.75, 3.05) is 13.2 Å². The van der Waals surface area contributed by atoms with Crippen molar-refractivity contribution >= 4 is 5.97 Å². The summed E-state index contributed by atoms with van der Waals surface area (Å²) < 4.78 is 5.25. The van der Waals surface area contributed by atoms with Gasteiger partial charge in [0.2, 0.25) is 0 Å². The molecule has 1 aromatic carbocycles. The molecule has 28 heavy (non-hydrogen) atoms. The van der Waals surface area contributed by atoms with Crippen molar-refractivity contribution in [3.8, 4) is 0 Å². The third kappa shape index (κ3) is 4.27. The lowest BCUT2D eigenvalue weighted by Crippen LogP contribution is -2.39. The second-order valence-electron chi connectivity index (χ2n) is 9.06. The number of rotatable bonds is 6. The highest BCUT2D eigenvalue weighted by Gasteiger charge is 2.54. The molecule has 1 saturated carbocycles. The van der Waals surface area contributed by atoms with Gasteiger partial charge in [-0.1, -0.05) is 42.7 Å². The molecule has 1 N–H and O–H groups in total. The van der Waals surface area contributed by atoms with Gasteiger partial charge in [0.15, 0.2) is 0 Å². The lowest BCUT2D eigenvalue weighted by atomic mass is 9.79. The number of fused-ring (bicyclic) bond motifs is 1. The van der Waals surface area contributed by atoms with Crippen molar-refractivity contribution in [1.29, 1.82) is 0 Å². The Morgan fingerprint density at radius 2 is 1.82 bits per heavy atom. The molecule has 0 bridgehead atoms. The summed E-state index contributed by atoms with van der Waals surface area (Å²) in [4.78, 5) is 18.1. The number of hydroxylamine groups is 2. The highest BCUT2D eigenvalue weighted by molar-refractivity contribution is 5.78. The molecule has 2 heterocycles. The molecule has 4 rings (SSSR count). The van der Waals surface area contributed by atoms with Crippen molar-refractivity contribution in [2.45, 2.75) is 70.6 Å². The predicted octanol–water partition coefficient (Wildman–Crippen LogP) is 3.27. The Morgan fingerprint density at radius 3 is 2.50 bits per heavy atom. The molecule has 2 aliphatic heterocycles. The summed E-state index contributed by atoms with van der Waals surface area (Å²) in [6, 6.07) is 8.57. The minimum Gasteiger partial charge on any atom is -0.464 e. The fraction of sp³-hybridized carbons (Fsp3) is 0.696. The van der Waals surface area contributed by atoms with Crippen LogP contribution in [0.15, 0.2) is 24.3 Å². The quantitative estimate of drug-likeness (QED) is 0.759. The first-order chi connectivity index (χ1) is 13.5. The topological polar surface area (TPSA) is 59.0 Å². The van der Waals surface area contributed by atoms with Crippen LogP contribution in [0.4, 0.5) is 0 Å². The van der Waals surface area contributed by atoms with Crippen LogP contribution in [0.3, 0.4) is 0 Å². The van der Waals surface area contributed by atoms with E-state index in [1.54, 1.807) is 6.92 Å². The number of benzene rings is 1. The Morgan fingerprint density at radius 1 is 1.14 bits per heavy atom. The number of aliphatic hydroxyl groups excluding tert-OH is 1. The number of aliphatic hydroxyl groups is 1. The highest BCUT2D eigenvalue weighted by atomic mass is 16.7. The first kappa shape index (κ1) is 19.9. The largest absolute Gasteiger partial charge is 0.464 e. The van der Waals surface area contributed by atoms with Gasteiger partial charge in [0, 0.05) is 6.54 Å². The van der Waals surface area contributed by atoms with E-state index in [2.05, 4.69) is 31.2 Å². The molecule has 0 spiro atoms. The SMILES string of the molecule is Cc1ccc(CCC2CCC(CN3O[C@@H]([C@H](C)O)[C@H]4COC(=O)[C@H]43)CC2)cc1. The maximum Gasteiger partial charge on any atom is 0.326 e. The molecule has 4 atom stereocenters. The third-order valence-corrected chi connectivity index (χ3v) is 6.90. The molecule has 2 saturated heterocycles. The van der Waals surface area contributed by atoms with Gasteiger partial charge in [-0.3, -0.25) is 9.63 Å². The van der Waals surface area contributed by atoms with E-state index >= 15 is 0 Å². The van der Waals surface area contributed by atoms with Crippen molar-refractivity contribution in [3.05, 3.63) is 35.4 Å². The molecule has 5 nitrogen and oxygen atoms in total. The summed E-state index contributed by atoms with van der Waals surface area (Å²) in [5, 5.41) is 11.8. The average molecular weight is 388 g/mol. The van der Waals surface area contributed by atoms with Crippen LogP contribution in [0.2, 0.25) is 0 Å². The molecule has 5 heteroatoms. The van der Waals surface area contributed by atoms with E-state index in [1.807, 2.05) is 5.06 Å². The fourth-order valence-electron chi connectivity index (χ4n) is 5.12. The van der Waals surface area contributed by atoms with E-state index in [-0.39, 0.29) is 24.0 Å². The Kier molecular flexibility index (Phi) is 6.04. The summed E-state index contributed by atoms with van der Waals surface area (Å²) in [5.41, 5.74) is 2.76. The fourth-order valence-corrected chi connectivity index (χ4v) is 5.12. The molecule has 0 amide bonds. The normalized spacial score (nSPS) is 34.2. The highest BCUT2D eigenvalue weighted by Crippen LogP contribution is 2.38. The van der Waals surface area contributed by atoms with Gasteiger partial charge in [0.25, 0.3) is 0 Å². The predicted molar refractivity (Wildman–Crippen MR) is 106 cm³/mol. The van der Waals surface area contributed by atoms with E-state index in [4.69, 9.17) is 9.57 Å². The van der Waals surface area contributed by atoms with Gasteiger partial charge in [-0.2, -0.15) is 5.06 Å². The maximum absolute atomic E-state index is 12.1. The van der Waals surface area contributed by atoms with E-state index in [9.17, 15) is 9.90 Å². The molecular formula is C23H33NO4. The van der Waals surface area contributed by atoms with Crippen molar-refractivity contribution in [1.82, 2.24) is 5.06 Å². The molecule has 1 aliphatic carbocycles. The lowest BCUT2D eigenvalue weighted by Gasteiger charge is -2.32. The van der Waals surface area contributed by atoms with Crippen molar-refractivity contribution in [2.24, 2.45) is 17.8 Å². The number of carbonyl (C=O) groups is 1. The smallest absolute Gasteiger partial charge is 0.326 e. The van der Waals surface area contributed by atoms with Crippen LogP contribution in [-0.2, 0) is 20.8 Å². The van der Waals surface area contributed by atoms with Gasteiger partial charge < -0.3 is 9.84 Å². The summed E-state index contributed by atoms with van der Waals surface area (Å²) in [5.74, 6) is 1.11. The molecule has 154 valence electrons. The van der Waals surface area contributed by atoms with Crippen LogP contribution in [0.5, 0.6) is 0 Å². The van der Waals surface area contributed by atoms with Gasteiger partial charge >= 0.3 is 5.97 Å². The maximum atomic E-state index is 12.1. The molecule has 3 aliphatic rings. The zero-order valence-corrected chi connectivity index (χ0v) is 17.0. The zero-order valence-electron chi connectivity index (χ0n) is 17.0. The van der Waals surface area contributed by atoms with E-state index in [0.29, 0.717) is 12.5 Å². The summed E-state index contributed by atoms with van der Waals surface area (Å²) >= 11 is 0. The standard InChI is InChI=1S/C23H33NO4/c1-15-3-5-17(6-4-15)7-8-18-9-11-19(12-10-18)13-24-21-20(14-27-23(21)26)22(28-24)16(2)25/h3-6,16,18-22,25H,7-14H2,1-2H3/t16-,18?,19?,20-,21-,22-/m0/s1. The van der Waals surface area contributed by atoms with Crippen LogP contribution in [0.1, 0.15) is 50.2 Å². The molecule has 0 unspecified atom stereocenters. The number of esters is 1. The Labute approximate surface area is 168 Å². The monoisotopic (exact) mass is 387 g/mol. The number of cyclic esters (lactones) is 1. The van der Waals surface area contributed by atoms with Gasteiger partial charge in [-0.25, -0.2) is 0 Å². The number of hydrogen-bond donors (Lipinski definition) is 1. The molecule has 3 fully saturated rings. The van der Waals surface area contributed by atoms with E-state index in [1.165, 1.54) is 43.2 Å².